The SMILES string of the molecule is OCc1ccc(Br)cc1N1CCc2sccc2C1. The molecule has 4 heteroatoms. The van der Waals surface area contributed by atoms with Crippen molar-refractivity contribution < 1.29 is 5.11 Å². The topological polar surface area (TPSA) is 23.5 Å². The van der Waals surface area contributed by atoms with E-state index in [4.69, 9.17) is 0 Å². The maximum atomic E-state index is 9.46. The maximum Gasteiger partial charge on any atom is 0.0702 e. The molecule has 1 aliphatic rings. The van der Waals surface area contributed by atoms with Crippen LogP contribution in [0, 0.1) is 0 Å². The van der Waals surface area contributed by atoms with Gasteiger partial charge in [-0.25, -0.2) is 0 Å². The highest BCUT2D eigenvalue weighted by Gasteiger charge is 2.19. The highest BCUT2D eigenvalue weighted by Crippen LogP contribution is 2.31. The maximum absolute atomic E-state index is 9.46. The fourth-order valence-corrected chi connectivity index (χ4v) is 3.66. The number of thiophene rings is 1. The predicted octanol–water partition coefficient (Wildman–Crippen LogP) is 3.57. The van der Waals surface area contributed by atoms with Crippen LogP contribution >= 0.6 is 27.3 Å². The third-order valence-corrected chi connectivity index (χ3v) is 4.88. The third kappa shape index (κ3) is 2.20. The summed E-state index contributed by atoms with van der Waals surface area (Å²) in [5, 5.41) is 11.6. The molecular weight excluding hydrogens is 310 g/mol. The molecule has 0 atom stereocenters. The normalized spacial score (nSPS) is 14.7. The van der Waals surface area contributed by atoms with Crippen molar-refractivity contribution in [1.82, 2.24) is 0 Å². The number of benzene rings is 1. The molecule has 0 saturated heterocycles. The molecule has 0 amide bonds. The van der Waals surface area contributed by atoms with E-state index in [0.717, 1.165) is 35.2 Å². The molecule has 18 heavy (non-hydrogen) atoms. The second kappa shape index (κ2) is 5.03. The molecule has 0 fully saturated rings. The van der Waals surface area contributed by atoms with E-state index in [-0.39, 0.29) is 6.61 Å². The van der Waals surface area contributed by atoms with Gasteiger partial charge in [0.15, 0.2) is 0 Å². The van der Waals surface area contributed by atoms with E-state index < -0.39 is 0 Å². The highest BCUT2D eigenvalue weighted by atomic mass is 79.9. The zero-order chi connectivity index (χ0) is 12.5. The van der Waals surface area contributed by atoms with Crippen molar-refractivity contribution in [3.8, 4) is 0 Å². The van der Waals surface area contributed by atoms with E-state index in [1.54, 1.807) is 0 Å². The second-order valence-corrected chi connectivity index (χ2v) is 6.39. The van der Waals surface area contributed by atoms with Gasteiger partial charge in [-0.05, 0) is 35.6 Å². The Morgan fingerprint density at radius 1 is 1.33 bits per heavy atom. The minimum atomic E-state index is 0.0929. The summed E-state index contributed by atoms with van der Waals surface area (Å²) in [6.45, 7) is 2.06. The number of aliphatic hydroxyl groups is 1. The molecule has 1 N–H and O–H groups in total. The van der Waals surface area contributed by atoms with E-state index in [0.29, 0.717) is 0 Å². The van der Waals surface area contributed by atoms with Gasteiger partial charge in [0.1, 0.15) is 0 Å². The Bertz CT molecular complexity index is 567. The van der Waals surface area contributed by atoms with Crippen LogP contribution in [0.1, 0.15) is 16.0 Å². The van der Waals surface area contributed by atoms with Crippen molar-refractivity contribution in [2.45, 2.75) is 19.6 Å². The van der Waals surface area contributed by atoms with Crippen LogP contribution in [0.2, 0.25) is 0 Å². The Kier molecular flexibility index (Phi) is 3.41. The van der Waals surface area contributed by atoms with Crippen LogP contribution in [0.3, 0.4) is 0 Å². The summed E-state index contributed by atoms with van der Waals surface area (Å²) in [4.78, 5) is 3.86. The summed E-state index contributed by atoms with van der Waals surface area (Å²) in [7, 11) is 0. The lowest BCUT2D eigenvalue weighted by Gasteiger charge is -2.30. The van der Waals surface area contributed by atoms with Gasteiger partial charge in [-0.1, -0.05) is 22.0 Å². The first kappa shape index (κ1) is 12.2. The second-order valence-electron chi connectivity index (χ2n) is 4.47. The summed E-state index contributed by atoms with van der Waals surface area (Å²) in [6.07, 6.45) is 1.10. The van der Waals surface area contributed by atoms with Gasteiger partial charge in [0.2, 0.25) is 0 Å². The average molecular weight is 324 g/mol. The van der Waals surface area contributed by atoms with Crippen LogP contribution < -0.4 is 4.90 Å². The zero-order valence-electron chi connectivity index (χ0n) is 9.90. The molecule has 0 aliphatic carbocycles. The molecule has 2 aromatic rings. The van der Waals surface area contributed by atoms with Crippen molar-refractivity contribution in [1.29, 1.82) is 0 Å². The summed E-state index contributed by atoms with van der Waals surface area (Å²) in [6, 6.07) is 8.28. The fraction of sp³-hybridized carbons (Fsp3) is 0.286. The first-order valence-electron chi connectivity index (χ1n) is 5.97. The van der Waals surface area contributed by atoms with E-state index in [2.05, 4.69) is 38.3 Å². The Balaban J connectivity index is 1.94. The van der Waals surface area contributed by atoms with E-state index in [1.807, 2.05) is 23.5 Å². The van der Waals surface area contributed by atoms with Crippen molar-refractivity contribution in [3.05, 3.63) is 50.1 Å². The van der Waals surface area contributed by atoms with Gasteiger partial charge < -0.3 is 10.0 Å². The average Bonchev–Trinajstić information content (AvgIpc) is 2.85. The number of hydrogen-bond acceptors (Lipinski definition) is 3. The molecule has 2 nitrogen and oxygen atoms in total. The minimum Gasteiger partial charge on any atom is -0.392 e. The van der Waals surface area contributed by atoms with Crippen LogP contribution in [0.5, 0.6) is 0 Å². The van der Waals surface area contributed by atoms with Gasteiger partial charge >= 0.3 is 0 Å². The smallest absolute Gasteiger partial charge is 0.0702 e. The molecule has 0 spiro atoms. The van der Waals surface area contributed by atoms with Crippen molar-refractivity contribution in [2.75, 3.05) is 11.4 Å². The zero-order valence-corrected chi connectivity index (χ0v) is 12.3. The molecule has 1 aliphatic heterocycles. The monoisotopic (exact) mass is 323 g/mol. The lowest BCUT2D eigenvalue weighted by Crippen LogP contribution is -2.30. The molecule has 0 saturated carbocycles. The molecule has 0 radical (unpaired) electrons. The Morgan fingerprint density at radius 3 is 3.06 bits per heavy atom. The quantitative estimate of drug-likeness (QED) is 0.913. The van der Waals surface area contributed by atoms with Crippen LogP contribution in [-0.2, 0) is 19.6 Å². The number of hydrogen-bond donors (Lipinski definition) is 1. The Hall–Kier alpha value is -0.840. The number of halogens is 1. The standard InChI is InChI=1S/C14H14BrNOS/c15-12-2-1-11(9-17)13(7-12)16-5-3-14-10(8-16)4-6-18-14/h1-2,4,6-7,17H,3,5,8-9H2. The summed E-state index contributed by atoms with van der Waals surface area (Å²) >= 11 is 5.36. The number of aliphatic hydroxyl groups excluding tert-OH is 1. The van der Waals surface area contributed by atoms with E-state index in [1.165, 1.54) is 10.4 Å². The number of rotatable bonds is 2. The van der Waals surface area contributed by atoms with Crippen molar-refractivity contribution in [3.63, 3.8) is 0 Å². The molecule has 0 bridgehead atoms. The van der Waals surface area contributed by atoms with Crippen LogP contribution in [0.4, 0.5) is 5.69 Å². The molecule has 0 unspecified atom stereocenters. The minimum absolute atomic E-state index is 0.0929. The van der Waals surface area contributed by atoms with Crippen LogP contribution in [0.25, 0.3) is 0 Å². The molecule has 1 aromatic carbocycles. The molecule has 2 heterocycles. The van der Waals surface area contributed by atoms with Gasteiger partial charge in [-0.15, -0.1) is 11.3 Å². The molecule has 1 aromatic heterocycles. The van der Waals surface area contributed by atoms with Gasteiger partial charge in [-0.2, -0.15) is 0 Å². The molecule has 3 rings (SSSR count). The van der Waals surface area contributed by atoms with Gasteiger partial charge in [0.25, 0.3) is 0 Å². The third-order valence-electron chi connectivity index (χ3n) is 3.37. The summed E-state index contributed by atoms with van der Waals surface area (Å²) < 4.78 is 1.06. The Labute approximate surface area is 119 Å². The Morgan fingerprint density at radius 2 is 2.22 bits per heavy atom. The van der Waals surface area contributed by atoms with Crippen LogP contribution in [0.15, 0.2) is 34.1 Å². The largest absolute Gasteiger partial charge is 0.392 e. The molecular formula is C14H14BrNOS. The van der Waals surface area contributed by atoms with Gasteiger partial charge in [0, 0.05) is 33.7 Å². The summed E-state index contributed by atoms with van der Waals surface area (Å²) in [5.41, 5.74) is 3.57. The first-order valence-corrected chi connectivity index (χ1v) is 7.64. The van der Waals surface area contributed by atoms with Crippen molar-refractivity contribution >= 4 is 33.0 Å². The lowest BCUT2D eigenvalue weighted by atomic mass is 10.1. The number of fused-ring (bicyclic) bond motifs is 1. The molecule has 94 valence electrons. The van der Waals surface area contributed by atoms with E-state index >= 15 is 0 Å². The lowest BCUT2D eigenvalue weighted by molar-refractivity contribution is 0.282. The number of nitrogens with zero attached hydrogens (tertiary/aromatic N) is 1. The number of anilines is 1. The predicted molar refractivity (Wildman–Crippen MR) is 79.1 cm³/mol. The highest BCUT2D eigenvalue weighted by molar-refractivity contribution is 9.10. The first-order chi connectivity index (χ1) is 8.78. The fourth-order valence-electron chi connectivity index (χ4n) is 2.42. The van der Waals surface area contributed by atoms with Crippen LogP contribution in [-0.4, -0.2) is 11.7 Å². The van der Waals surface area contributed by atoms with E-state index in [9.17, 15) is 5.11 Å². The van der Waals surface area contributed by atoms with Gasteiger partial charge in [0.05, 0.1) is 6.61 Å². The van der Waals surface area contributed by atoms with Crippen molar-refractivity contribution in [2.24, 2.45) is 0 Å². The van der Waals surface area contributed by atoms with Gasteiger partial charge in [-0.3, -0.25) is 0 Å². The summed E-state index contributed by atoms with van der Waals surface area (Å²) in [5.74, 6) is 0.